The van der Waals surface area contributed by atoms with Gasteiger partial charge in [0, 0.05) is 17.1 Å². The van der Waals surface area contributed by atoms with Crippen molar-refractivity contribution in [2.24, 2.45) is 5.73 Å². The van der Waals surface area contributed by atoms with Gasteiger partial charge >= 0.3 is 0 Å². The van der Waals surface area contributed by atoms with Gasteiger partial charge in [-0.2, -0.15) is 0 Å². The number of hydrogen-bond acceptors (Lipinski definition) is 3. The van der Waals surface area contributed by atoms with Crippen molar-refractivity contribution in [1.29, 1.82) is 0 Å². The van der Waals surface area contributed by atoms with Crippen LogP contribution in [0, 0.1) is 0 Å². The number of ether oxygens (including phenoxy) is 1. The lowest BCUT2D eigenvalue weighted by molar-refractivity contribution is 0.452. The van der Waals surface area contributed by atoms with E-state index < -0.39 is 0 Å². The first kappa shape index (κ1) is 14.0. The third kappa shape index (κ3) is 3.55. The maximum Gasteiger partial charge on any atom is 0.219 e. The summed E-state index contributed by atoms with van der Waals surface area (Å²) in [7, 11) is 0. The summed E-state index contributed by atoms with van der Waals surface area (Å²) >= 11 is 3.49. The van der Waals surface area contributed by atoms with E-state index in [0.717, 1.165) is 21.5 Å². The first-order chi connectivity index (χ1) is 9.10. The first-order valence-electron chi connectivity index (χ1n) is 6.23. The van der Waals surface area contributed by atoms with Crippen LogP contribution >= 0.6 is 15.9 Å². The quantitative estimate of drug-likeness (QED) is 0.917. The molecule has 0 fully saturated rings. The topological polar surface area (TPSA) is 48.1 Å². The Bertz CT molecular complexity index is 570. The van der Waals surface area contributed by atoms with Gasteiger partial charge in [-0.15, -0.1) is 0 Å². The van der Waals surface area contributed by atoms with Gasteiger partial charge in [0.25, 0.3) is 0 Å². The highest BCUT2D eigenvalue weighted by atomic mass is 79.9. The minimum absolute atomic E-state index is 0.380. The third-order valence-electron chi connectivity index (χ3n) is 2.80. The van der Waals surface area contributed by atoms with Gasteiger partial charge in [-0.1, -0.05) is 35.8 Å². The van der Waals surface area contributed by atoms with Gasteiger partial charge in [0.15, 0.2) is 0 Å². The number of hydrogen-bond donors (Lipinski definition) is 1. The summed E-state index contributed by atoms with van der Waals surface area (Å²) in [6, 6.07) is 11.6. The molecule has 0 aliphatic rings. The van der Waals surface area contributed by atoms with Gasteiger partial charge in [0.05, 0.1) is 5.69 Å². The molecule has 19 heavy (non-hydrogen) atoms. The van der Waals surface area contributed by atoms with E-state index in [4.69, 9.17) is 10.5 Å². The zero-order valence-corrected chi connectivity index (χ0v) is 12.6. The van der Waals surface area contributed by atoms with Crippen molar-refractivity contribution in [3.63, 3.8) is 0 Å². The molecular formula is C15H17BrN2O. The molecule has 0 unspecified atom stereocenters. The molecule has 2 aromatic rings. The summed E-state index contributed by atoms with van der Waals surface area (Å²) in [6.07, 6.45) is 0. The van der Waals surface area contributed by atoms with E-state index in [9.17, 15) is 0 Å². The number of aromatic nitrogens is 1. The van der Waals surface area contributed by atoms with Crippen molar-refractivity contribution in [1.82, 2.24) is 4.98 Å². The summed E-state index contributed by atoms with van der Waals surface area (Å²) in [4.78, 5) is 4.35. The Kier molecular flexibility index (Phi) is 4.56. The first-order valence-corrected chi connectivity index (χ1v) is 7.02. The molecule has 0 aliphatic heterocycles. The molecule has 0 saturated carbocycles. The largest absolute Gasteiger partial charge is 0.439 e. The van der Waals surface area contributed by atoms with Crippen molar-refractivity contribution in [3.8, 4) is 11.6 Å². The molecule has 4 heteroatoms. The smallest absolute Gasteiger partial charge is 0.219 e. The molecular weight excluding hydrogens is 304 g/mol. The van der Waals surface area contributed by atoms with E-state index >= 15 is 0 Å². The zero-order chi connectivity index (χ0) is 13.8. The molecule has 0 amide bonds. The second-order valence-corrected chi connectivity index (χ2v) is 5.53. The predicted molar refractivity (Wildman–Crippen MR) is 80.4 cm³/mol. The Hall–Kier alpha value is -1.39. The average molecular weight is 321 g/mol. The zero-order valence-electron chi connectivity index (χ0n) is 11.1. The average Bonchev–Trinajstić information content (AvgIpc) is 2.41. The van der Waals surface area contributed by atoms with Crippen molar-refractivity contribution < 1.29 is 4.74 Å². The van der Waals surface area contributed by atoms with Crippen LogP contribution in [0.3, 0.4) is 0 Å². The van der Waals surface area contributed by atoms with Crippen molar-refractivity contribution >= 4 is 15.9 Å². The lowest BCUT2D eigenvalue weighted by Gasteiger charge is -2.14. The minimum Gasteiger partial charge on any atom is -0.439 e. The van der Waals surface area contributed by atoms with E-state index in [-0.39, 0.29) is 0 Å². The van der Waals surface area contributed by atoms with Crippen molar-refractivity contribution in [2.45, 2.75) is 26.3 Å². The minimum atomic E-state index is 0.380. The maximum atomic E-state index is 5.88. The van der Waals surface area contributed by atoms with Gasteiger partial charge in [-0.25, -0.2) is 4.98 Å². The van der Waals surface area contributed by atoms with E-state index in [1.807, 2.05) is 30.3 Å². The molecule has 1 aromatic carbocycles. The molecule has 100 valence electrons. The highest BCUT2D eigenvalue weighted by molar-refractivity contribution is 9.10. The highest BCUT2D eigenvalue weighted by Crippen LogP contribution is 2.32. The Morgan fingerprint density at radius 3 is 2.74 bits per heavy atom. The van der Waals surface area contributed by atoms with Crippen LogP contribution in [0.4, 0.5) is 0 Å². The monoisotopic (exact) mass is 320 g/mol. The molecule has 2 N–H and O–H groups in total. The van der Waals surface area contributed by atoms with E-state index in [0.29, 0.717) is 18.3 Å². The second-order valence-electron chi connectivity index (χ2n) is 4.61. The van der Waals surface area contributed by atoms with Crippen LogP contribution in [0.5, 0.6) is 11.6 Å². The summed E-state index contributed by atoms with van der Waals surface area (Å²) in [5.41, 5.74) is 7.55. The number of rotatable bonds is 4. The second kappa shape index (κ2) is 6.17. The van der Waals surface area contributed by atoms with Gasteiger partial charge in [0.1, 0.15) is 5.75 Å². The van der Waals surface area contributed by atoms with Crippen LogP contribution in [0.25, 0.3) is 0 Å². The summed E-state index contributed by atoms with van der Waals surface area (Å²) in [5, 5.41) is 0. The normalized spacial score (nSPS) is 10.8. The molecule has 0 bridgehead atoms. The highest BCUT2D eigenvalue weighted by Gasteiger charge is 2.10. The SMILES string of the molecule is CC(C)c1cc(Br)ccc1Oc1cccc(CN)n1. The standard InChI is InChI=1S/C15H17BrN2O/c1-10(2)13-8-11(16)6-7-14(13)19-15-5-3-4-12(9-17)18-15/h3-8,10H,9,17H2,1-2H3. The van der Waals surface area contributed by atoms with Crippen molar-refractivity contribution in [3.05, 3.63) is 52.1 Å². The summed E-state index contributed by atoms with van der Waals surface area (Å²) in [6.45, 7) is 4.69. The lowest BCUT2D eigenvalue weighted by Crippen LogP contribution is -2.01. The van der Waals surface area contributed by atoms with Crippen molar-refractivity contribution in [2.75, 3.05) is 0 Å². The van der Waals surface area contributed by atoms with Gasteiger partial charge in [-0.05, 0) is 35.7 Å². The van der Waals surface area contributed by atoms with Crippen LogP contribution in [0.1, 0.15) is 31.0 Å². The van der Waals surface area contributed by atoms with E-state index in [1.54, 1.807) is 0 Å². The Balaban J connectivity index is 2.32. The number of nitrogens with two attached hydrogens (primary N) is 1. The Labute approximate surface area is 121 Å². The Morgan fingerprint density at radius 1 is 1.26 bits per heavy atom. The third-order valence-corrected chi connectivity index (χ3v) is 3.29. The molecule has 1 aromatic heterocycles. The molecule has 0 aliphatic carbocycles. The van der Waals surface area contributed by atoms with Crippen LogP contribution in [-0.4, -0.2) is 4.98 Å². The fourth-order valence-electron chi connectivity index (χ4n) is 1.80. The molecule has 1 heterocycles. The fraction of sp³-hybridized carbons (Fsp3) is 0.267. The molecule has 2 rings (SSSR count). The van der Waals surface area contributed by atoms with Gasteiger partial charge in [-0.3, -0.25) is 0 Å². The lowest BCUT2D eigenvalue weighted by atomic mass is 10.0. The van der Waals surface area contributed by atoms with E-state index in [1.165, 1.54) is 0 Å². The molecule has 0 radical (unpaired) electrons. The number of benzene rings is 1. The molecule has 0 spiro atoms. The molecule has 0 atom stereocenters. The van der Waals surface area contributed by atoms with Gasteiger partial charge < -0.3 is 10.5 Å². The Morgan fingerprint density at radius 2 is 2.05 bits per heavy atom. The number of nitrogens with zero attached hydrogens (tertiary/aromatic N) is 1. The fourth-order valence-corrected chi connectivity index (χ4v) is 2.18. The van der Waals surface area contributed by atoms with Crippen LogP contribution < -0.4 is 10.5 Å². The van der Waals surface area contributed by atoms with Gasteiger partial charge in [0.2, 0.25) is 5.88 Å². The predicted octanol–water partition coefficient (Wildman–Crippen LogP) is 4.22. The molecule has 3 nitrogen and oxygen atoms in total. The van der Waals surface area contributed by atoms with Crippen LogP contribution in [0.2, 0.25) is 0 Å². The number of pyridine rings is 1. The molecule has 0 saturated heterocycles. The van der Waals surface area contributed by atoms with Crippen LogP contribution in [-0.2, 0) is 6.54 Å². The van der Waals surface area contributed by atoms with E-state index in [2.05, 4.69) is 40.8 Å². The number of halogens is 1. The summed E-state index contributed by atoms with van der Waals surface area (Å²) < 4.78 is 6.93. The maximum absolute atomic E-state index is 5.88. The summed E-state index contributed by atoms with van der Waals surface area (Å²) in [5.74, 6) is 1.79. The van der Waals surface area contributed by atoms with Crippen LogP contribution in [0.15, 0.2) is 40.9 Å².